The van der Waals surface area contributed by atoms with E-state index >= 15 is 0 Å². The van der Waals surface area contributed by atoms with Crippen molar-refractivity contribution >= 4 is 6.09 Å². The Kier molecular flexibility index (Phi) is 17.7. The quantitative estimate of drug-likeness (QED) is 0.330. The van der Waals surface area contributed by atoms with Crippen LogP contribution in [-0.2, 0) is 28.4 Å². The van der Waals surface area contributed by atoms with Gasteiger partial charge in [-0.15, -0.1) is 0 Å². The highest BCUT2D eigenvalue weighted by atomic mass is 16.6. The molecule has 9 nitrogen and oxygen atoms in total. The fraction of sp³-hybridized carbons (Fsp3) is 0.944. The van der Waals surface area contributed by atoms with Crippen molar-refractivity contribution in [1.82, 2.24) is 10.6 Å². The fourth-order valence-corrected chi connectivity index (χ4v) is 1.70. The van der Waals surface area contributed by atoms with Crippen LogP contribution in [0.25, 0.3) is 0 Å². The molecule has 0 radical (unpaired) electrons. The minimum absolute atomic E-state index is 0.401. The molecule has 162 valence electrons. The Morgan fingerprint density at radius 1 is 0.667 bits per heavy atom. The van der Waals surface area contributed by atoms with Crippen LogP contribution in [0.5, 0.6) is 0 Å². The molecule has 0 aliphatic carbocycles. The van der Waals surface area contributed by atoms with Gasteiger partial charge in [0.15, 0.2) is 0 Å². The van der Waals surface area contributed by atoms with Gasteiger partial charge >= 0.3 is 6.09 Å². The van der Waals surface area contributed by atoms with Crippen LogP contribution in [0.15, 0.2) is 0 Å². The van der Waals surface area contributed by atoms with Crippen LogP contribution in [0.1, 0.15) is 20.8 Å². The number of rotatable bonds is 18. The lowest BCUT2D eigenvalue weighted by Gasteiger charge is -2.19. The normalized spacial score (nSPS) is 11.6. The molecular weight excluding hydrogens is 356 g/mol. The second-order valence-electron chi connectivity index (χ2n) is 6.59. The highest BCUT2D eigenvalue weighted by molar-refractivity contribution is 5.67. The number of carbonyl (C=O) groups excluding carboxylic acids is 1. The van der Waals surface area contributed by atoms with E-state index in [2.05, 4.69) is 10.6 Å². The molecule has 0 aromatic carbocycles. The zero-order valence-electron chi connectivity index (χ0n) is 17.3. The van der Waals surface area contributed by atoms with Crippen molar-refractivity contribution in [3.8, 4) is 0 Å². The predicted molar refractivity (Wildman–Crippen MR) is 102 cm³/mol. The summed E-state index contributed by atoms with van der Waals surface area (Å²) in [6.07, 6.45) is -0.440. The third-order valence-corrected chi connectivity index (χ3v) is 2.90. The second kappa shape index (κ2) is 18.4. The Labute approximate surface area is 163 Å². The van der Waals surface area contributed by atoms with Crippen molar-refractivity contribution in [2.75, 3.05) is 86.2 Å². The Hall–Kier alpha value is -0.970. The molecule has 0 heterocycles. The van der Waals surface area contributed by atoms with Crippen LogP contribution in [0, 0.1) is 0 Å². The lowest BCUT2D eigenvalue weighted by Crippen LogP contribution is -2.34. The fourth-order valence-electron chi connectivity index (χ4n) is 1.70. The van der Waals surface area contributed by atoms with E-state index in [0.717, 1.165) is 6.54 Å². The van der Waals surface area contributed by atoms with E-state index in [0.29, 0.717) is 72.6 Å². The van der Waals surface area contributed by atoms with E-state index in [9.17, 15) is 4.79 Å². The highest BCUT2D eigenvalue weighted by Gasteiger charge is 2.15. The molecule has 0 aliphatic rings. The Morgan fingerprint density at radius 2 is 1.04 bits per heavy atom. The lowest BCUT2D eigenvalue weighted by molar-refractivity contribution is -0.0107. The van der Waals surface area contributed by atoms with Gasteiger partial charge < -0.3 is 39.1 Å². The van der Waals surface area contributed by atoms with Crippen molar-refractivity contribution in [1.29, 1.82) is 0 Å². The number of ether oxygens (including phenoxy) is 6. The smallest absolute Gasteiger partial charge is 0.407 e. The lowest BCUT2D eigenvalue weighted by atomic mass is 10.2. The summed E-state index contributed by atoms with van der Waals surface area (Å²) < 4.78 is 31.9. The average Bonchev–Trinajstić information content (AvgIpc) is 2.59. The first kappa shape index (κ1) is 26.0. The van der Waals surface area contributed by atoms with Gasteiger partial charge in [0, 0.05) is 13.1 Å². The number of likely N-dealkylation sites (N-methyl/N-ethyl adjacent to an activating group) is 1. The number of carbonyl (C=O) groups is 1. The van der Waals surface area contributed by atoms with E-state index in [4.69, 9.17) is 28.4 Å². The average molecular weight is 395 g/mol. The molecule has 0 rings (SSSR count). The molecule has 0 fully saturated rings. The number of amides is 1. The van der Waals surface area contributed by atoms with Crippen LogP contribution in [0.3, 0.4) is 0 Å². The van der Waals surface area contributed by atoms with Crippen LogP contribution in [0.2, 0.25) is 0 Å². The molecule has 0 aliphatic heterocycles. The Balaban J connectivity index is 3.12. The van der Waals surface area contributed by atoms with Crippen LogP contribution in [0.4, 0.5) is 4.79 Å². The summed E-state index contributed by atoms with van der Waals surface area (Å²) in [6, 6.07) is 0. The second-order valence-corrected chi connectivity index (χ2v) is 6.59. The van der Waals surface area contributed by atoms with Crippen molar-refractivity contribution < 1.29 is 33.2 Å². The first-order valence-corrected chi connectivity index (χ1v) is 9.46. The molecule has 1 amide bonds. The number of alkyl carbamates (subject to hydrolysis) is 1. The van der Waals surface area contributed by atoms with E-state index in [1.165, 1.54) is 0 Å². The minimum Gasteiger partial charge on any atom is -0.444 e. The molecule has 0 saturated carbocycles. The predicted octanol–water partition coefficient (Wildman–Crippen LogP) is 0.814. The van der Waals surface area contributed by atoms with Gasteiger partial charge in [0.05, 0.1) is 66.1 Å². The van der Waals surface area contributed by atoms with Crippen LogP contribution in [-0.4, -0.2) is 97.9 Å². The molecule has 0 saturated heterocycles. The third-order valence-electron chi connectivity index (χ3n) is 2.90. The van der Waals surface area contributed by atoms with Gasteiger partial charge in [-0.3, -0.25) is 0 Å². The molecule has 0 aromatic heterocycles. The Bertz CT molecular complexity index is 338. The maximum Gasteiger partial charge on any atom is 0.407 e. The van der Waals surface area contributed by atoms with Crippen molar-refractivity contribution in [2.45, 2.75) is 26.4 Å². The van der Waals surface area contributed by atoms with Gasteiger partial charge in [0.1, 0.15) is 5.60 Å². The zero-order valence-corrected chi connectivity index (χ0v) is 17.3. The van der Waals surface area contributed by atoms with Crippen LogP contribution >= 0.6 is 0 Å². The summed E-state index contributed by atoms with van der Waals surface area (Å²) in [5.41, 5.74) is -0.493. The minimum atomic E-state index is -0.493. The van der Waals surface area contributed by atoms with E-state index in [1.807, 2.05) is 27.8 Å². The number of nitrogens with one attached hydrogen (secondary N) is 2. The van der Waals surface area contributed by atoms with Gasteiger partial charge in [-0.25, -0.2) is 4.79 Å². The molecule has 0 bridgehead atoms. The largest absolute Gasteiger partial charge is 0.444 e. The van der Waals surface area contributed by atoms with Gasteiger partial charge in [-0.1, -0.05) is 0 Å². The monoisotopic (exact) mass is 394 g/mol. The first-order chi connectivity index (χ1) is 13.0. The summed E-state index contributed by atoms with van der Waals surface area (Å²) in [5, 5.41) is 5.63. The van der Waals surface area contributed by atoms with E-state index in [1.54, 1.807) is 0 Å². The van der Waals surface area contributed by atoms with Gasteiger partial charge in [0.25, 0.3) is 0 Å². The van der Waals surface area contributed by atoms with Crippen molar-refractivity contribution in [3.63, 3.8) is 0 Å². The van der Waals surface area contributed by atoms with Crippen LogP contribution < -0.4 is 10.6 Å². The molecule has 0 atom stereocenters. The topological polar surface area (TPSA) is 96.5 Å². The SMILES string of the molecule is CNCCOCCOCCOCCOCCOCCNC(=O)OC(C)(C)C. The molecule has 2 N–H and O–H groups in total. The highest BCUT2D eigenvalue weighted by Crippen LogP contribution is 2.05. The number of hydrogen-bond donors (Lipinski definition) is 2. The van der Waals surface area contributed by atoms with Gasteiger partial charge in [-0.05, 0) is 27.8 Å². The standard InChI is InChI=1S/C18H38N2O7/c1-18(2,3)27-17(21)20-6-8-23-10-12-25-14-16-26-15-13-24-11-9-22-7-5-19-4/h19H,5-16H2,1-4H3,(H,20,21). The van der Waals surface area contributed by atoms with Crippen molar-refractivity contribution in [2.24, 2.45) is 0 Å². The summed E-state index contributed by atoms with van der Waals surface area (Å²) in [5.74, 6) is 0. The van der Waals surface area contributed by atoms with Gasteiger partial charge in [0.2, 0.25) is 0 Å². The molecule has 27 heavy (non-hydrogen) atoms. The van der Waals surface area contributed by atoms with Crippen molar-refractivity contribution in [3.05, 3.63) is 0 Å². The zero-order chi connectivity index (χ0) is 20.2. The maximum absolute atomic E-state index is 11.4. The molecule has 0 spiro atoms. The molecule has 0 aromatic rings. The first-order valence-electron chi connectivity index (χ1n) is 9.46. The third kappa shape index (κ3) is 23.0. The number of hydrogen-bond acceptors (Lipinski definition) is 8. The van der Waals surface area contributed by atoms with E-state index < -0.39 is 11.7 Å². The van der Waals surface area contributed by atoms with Gasteiger partial charge in [-0.2, -0.15) is 0 Å². The summed E-state index contributed by atoms with van der Waals surface area (Å²) >= 11 is 0. The summed E-state index contributed by atoms with van der Waals surface area (Å²) in [7, 11) is 1.89. The Morgan fingerprint density at radius 3 is 1.41 bits per heavy atom. The maximum atomic E-state index is 11.4. The summed E-state index contributed by atoms with van der Waals surface area (Å²) in [6.45, 7) is 12.0. The molecular formula is C18H38N2O7. The molecule has 0 unspecified atom stereocenters. The summed E-state index contributed by atoms with van der Waals surface area (Å²) in [4.78, 5) is 11.4. The van der Waals surface area contributed by atoms with E-state index in [-0.39, 0.29) is 0 Å². The molecule has 9 heteroatoms.